The SMILES string of the molecule is CC(C)N(CCCO)CC1CCC2(CCCC2)O1. The first kappa shape index (κ1) is 14.3. The molecule has 0 bridgehead atoms. The fraction of sp³-hybridized carbons (Fsp3) is 1.00. The molecule has 2 fully saturated rings. The van der Waals surface area contributed by atoms with Crippen LogP contribution in [-0.4, -0.2) is 47.4 Å². The standard InChI is InChI=1S/C15H29NO2/c1-13(2)16(10-5-11-17)12-14-6-9-15(18-14)7-3-4-8-15/h13-14,17H,3-12H2,1-2H3. The molecule has 1 unspecified atom stereocenters. The highest BCUT2D eigenvalue weighted by Gasteiger charge is 2.42. The minimum absolute atomic E-state index is 0.254. The summed E-state index contributed by atoms with van der Waals surface area (Å²) >= 11 is 0. The van der Waals surface area contributed by atoms with Gasteiger partial charge in [0.05, 0.1) is 11.7 Å². The van der Waals surface area contributed by atoms with E-state index in [0.29, 0.717) is 18.8 Å². The van der Waals surface area contributed by atoms with E-state index in [0.717, 1.165) is 19.5 Å². The maximum absolute atomic E-state index is 8.97. The molecule has 0 radical (unpaired) electrons. The Balaban J connectivity index is 1.81. The molecule has 1 atom stereocenters. The van der Waals surface area contributed by atoms with Crippen LogP contribution in [0.1, 0.15) is 58.8 Å². The molecule has 0 aromatic heterocycles. The first-order valence-electron chi connectivity index (χ1n) is 7.68. The van der Waals surface area contributed by atoms with Gasteiger partial charge in [-0.2, -0.15) is 0 Å². The number of hydrogen-bond donors (Lipinski definition) is 1. The number of nitrogens with zero attached hydrogens (tertiary/aromatic N) is 1. The molecule has 106 valence electrons. The second kappa shape index (κ2) is 6.36. The number of ether oxygens (including phenoxy) is 1. The van der Waals surface area contributed by atoms with Crippen molar-refractivity contribution in [2.45, 2.75) is 76.5 Å². The van der Waals surface area contributed by atoms with Crippen LogP contribution < -0.4 is 0 Å². The Labute approximate surface area is 112 Å². The van der Waals surface area contributed by atoms with Crippen LogP contribution >= 0.6 is 0 Å². The van der Waals surface area contributed by atoms with Crippen LogP contribution in [0.2, 0.25) is 0 Å². The highest BCUT2D eigenvalue weighted by molar-refractivity contribution is 4.93. The van der Waals surface area contributed by atoms with Gasteiger partial charge in [-0.1, -0.05) is 12.8 Å². The third kappa shape index (κ3) is 3.46. The Bertz CT molecular complexity index is 249. The summed E-state index contributed by atoms with van der Waals surface area (Å²) in [5.41, 5.74) is 0.254. The predicted octanol–water partition coefficient (Wildman–Crippen LogP) is 2.57. The molecule has 1 aliphatic carbocycles. The molecule has 0 aromatic carbocycles. The van der Waals surface area contributed by atoms with Crippen molar-refractivity contribution < 1.29 is 9.84 Å². The van der Waals surface area contributed by atoms with Gasteiger partial charge in [0, 0.05) is 25.7 Å². The van der Waals surface area contributed by atoms with Gasteiger partial charge in [0.1, 0.15) is 0 Å². The molecule has 1 aliphatic heterocycles. The van der Waals surface area contributed by atoms with Gasteiger partial charge < -0.3 is 9.84 Å². The van der Waals surface area contributed by atoms with Crippen molar-refractivity contribution in [1.82, 2.24) is 4.90 Å². The molecule has 1 heterocycles. The smallest absolute Gasteiger partial charge is 0.0710 e. The molecule has 0 aromatic rings. The molecule has 18 heavy (non-hydrogen) atoms. The molecular weight excluding hydrogens is 226 g/mol. The van der Waals surface area contributed by atoms with Gasteiger partial charge in [0.2, 0.25) is 0 Å². The molecule has 1 N–H and O–H groups in total. The first-order valence-corrected chi connectivity index (χ1v) is 7.68. The summed E-state index contributed by atoms with van der Waals surface area (Å²) in [7, 11) is 0. The lowest BCUT2D eigenvalue weighted by Crippen LogP contribution is -2.39. The molecular formula is C15H29NO2. The minimum Gasteiger partial charge on any atom is -0.396 e. The summed E-state index contributed by atoms with van der Waals surface area (Å²) < 4.78 is 6.37. The van der Waals surface area contributed by atoms with Crippen LogP contribution in [-0.2, 0) is 4.74 Å². The van der Waals surface area contributed by atoms with Crippen molar-refractivity contribution in [1.29, 1.82) is 0 Å². The van der Waals surface area contributed by atoms with Crippen LogP contribution in [0.25, 0.3) is 0 Å². The molecule has 0 amide bonds. The Kier molecular flexibility index (Phi) is 5.05. The lowest BCUT2D eigenvalue weighted by Gasteiger charge is -2.30. The quantitative estimate of drug-likeness (QED) is 0.792. The molecule has 3 nitrogen and oxygen atoms in total. The van der Waals surface area contributed by atoms with E-state index in [1.54, 1.807) is 0 Å². The topological polar surface area (TPSA) is 32.7 Å². The van der Waals surface area contributed by atoms with Gasteiger partial charge in [0.15, 0.2) is 0 Å². The summed E-state index contributed by atoms with van der Waals surface area (Å²) in [4.78, 5) is 2.45. The maximum Gasteiger partial charge on any atom is 0.0710 e. The van der Waals surface area contributed by atoms with Gasteiger partial charge >= 0.3 is 0 Å². The summed E-state index contributed by atoms with van der Waals surface area (Å²) in [6, 6.07) is 0.542. The Hall–Kier alpha value is -0.120. The summed E-state index contributed by atoms with van der Waals surface area (Å²) in [5.74, 6) is 0. The number of rotatable bonds is 6. The molecule has 2 rings (SSSR count). The first-order chi connectivity index (χ1) is 8.65. The van der Waals surface area contributed by atoms with E-state index in [9.17, 15) is 0 Å². The normalized spacial score (nSPS) is 26.8. The Morgan fingerprint density at radius 3 is 2.61 bits per heavy atom. The molecule has 1 saturated carbocycles. The van der Waals surface area contributed by atoms with Crippen molar-refractivity contribution in [3.8, 4) is 0 Å². The van der Waals surface area contributed by atoms with Crippen molar-refractivity contribution in [2.24, 2.45) is 0 Å². The van der Waals surface area contributed by atoms with Crippen molar-refractivity contribution in [2.75, 3.05) is 19.7 Å². The Morgan fingerprint density at radius 1 is 1.28 bits per heavy atom. The highest BCUT2D eigenvalue weighted by Crippen LogP contribution is 2.43. The van der Waals surface area contributed by atoms with Gasteiger partial charge in [-0.3, -0.25) is 4.90 Å². The zero-order valence-corrected chi connectivity index (χ0v) is 12.0. The van der Waals surface area contributed by atoms with Gasteiger partial charge in [-0.25, -0.2) is 0 Å². The van der Waals surface area contributed by atoms with E-state index in [1.165, 1.54) is 38.5 Å². The second-order valence-corrected chi connectivity index (χ2v) is 6.33. The van der Waals surface area contributed by atoms with E-state index < -0.39 is 0 Å². The second-order valence-electron chi connectivity index (χ2n) is 6.33. The highest BCUT2D eigenvalue weighted by atomic mass is 16.5. The fourth-order valence-corrected chi connectivity index (χ4v) is 3.51. The number of aliphatic hydroxyl groups excluding tert-OH is 1. The average Bonchev–Trinajstić information content (AvgIpc) is 2.95. The molecule has 1 saturated heterocycles. The van der Waals surface area contributed by atoms with E-state index in [1.807, 2.05) is 0 Å². The van der Waals surface area contributed by atoms with Crippen molar-refractivity contribution >= 4 is 0 Å². The third-order valence-corrected chi connectivity index (χ3v) is 4.63. The van der Waals surface area contributed by atoms with E-state index in [-0.39, 0.29) is 5.60 Å². The van der Waals surface area contributed by atoms with Crippen LogP contribution in [0, 0.1) is 0 Å². The van der Waals surface area contributed by atoms with Gasteiger partial charge in [-0.05, 0) is 46.0 Å². The lowest BCUT2D eigenvalue weighted by molar-refractivity contribution is -0.0504. The van der Waals surface area contributed by atoms with Crippen LogP contribution in [0.4, 0.5) is 0 Å². The van der Waals surface area contributed by atoms with E-state index in [2.05, 4.69) is 18.7 Å². The summed E-state index contributed by atoms with van der Waals surface area (Å²) in [5, 5.41) is 8.97. The lowest BCUT2D eigenvalue weighted by atomic mass is 9.98. The zero-order chi connectivity index (χ0) is 13.0. The Morgan fingerprint density at radius 2 is 2.00 bits per heavy atom. The summed E-state index contributed by atoms with van der Waals surface area (Å²) in [6.07, 6.45) is 9.05. The van der Waals surface area contributed by atoms with E-state index >= 15 is 0 Å². The molecule has 2 aliphatic rings. The van der Waals surface area contributed by atoms with Crippen LogP contribution in [0.3, 0.4) is 0 Å². The van der Waals surface area contributed by atoms with Crippen LogP contribution in [0.15, 0.2) is 0 Å². The monoisotopic (exact) mass is 255 g/mol. The van der Waals surface area contributed by atoms with Gasteiger partial charge in [0.25, 0.3) is 0 Å². The number of aliphatic hydroxyl groups is 1. The van der Waals surface area contributed by atoms with Crippen LogP contribution in [0.5, 0.6) is 0 Å². The molecule has 1 spiro atoms. The van der Waals surface area contributed by atoms with E-state index in [4.69, 9.17) is 9.84 Å². The third-order valence-electron chi connectivity index (χ3n) is 4.63. The predicted molar refractivity (Wildman–Crippen MR) is 73.7 cm³/mol. The number of hydrogen-bond acceptors (Lipinski definition) is 3. The van der Waals surface area contributed by atoms with Gasteiger partial charge in [-0.15, -0.1) is 0 Å². The summed E-state index contributed by atoms with van der Waals surface area (Å²) in [6.45, 7) is 6.79. The average molecular weight is 255 g/mol. The maximum atomic E-state index is 8.97. The fourth-order valence-electron chi connectivity index (χ4n) is 3.51. The minimum atomic E-state index is 0.254. The zero-order valence-electron chi connectivity index (χ0n) is 12.0. The van der Waals surface area contributed by atoms with Crippen molar-refractivity contribution in [3.63, 3.8) is 0 Å². The van der Waals surface area contributed by atoms with Crippen molar-refractivity contribution in [3.05, 3.63) is 0 Å². The molecule has 3 heteroatoms. The largest absolute Gasteiger partial charge is 0.396 e.